The van der Waals surface area contributed by atoms with E-state index in [0.717, 1.165) is 46.2 Å². The number of ether oxygens (including phenoxy) is 1. The summed E-state index contributed by atoms with van der Waals surface area (Å²) < 4.78 is 39.2. The number of likely N-dealkylation sites (tertiary alicyclic amines) is 1. The standard InChI is InChI=1S/C43H43ClN8O6S/c1-23-27(5-3-6-28(23)35-21-47-36(43(50-35)57-2)20-46-19-25-9-14-38(53)48-25)30-7-4-8-31(39(30)44)42-49-34-17-32-29(33(18-45)40(34)58-42)12-13-37(32)52-16-15-24(22-52)41(54)51-59(55,56)26-10-11-26/h3-8,17,21,24-26,37,46H,9-16,19-20,22H2,1-2H3,(H,48,53)(H,51,54)/t24-,25+,37-/m1/s1. The Bertz CT molecular complexity index is 2670. The van der Waals surface area contributed by atoms with E-state index < -0.39 is 27.1 Å². The Hall–Kier alpha value is -5.40. The molecule has 4 aliphatic rings. The van der Waals surface area contributed by atoms with Gasteiger partial charge in [0.2, 0.25) is 33.6 Å². The van der Waals surface area contributed by atoms with Crippen LogP contribution in [-0.4, -0.2) is 78.1 Å². The van der Waals surface area contributed by atoms with Gasteiger partial charge in [0, 0.05) is 49.3 Å². The number of hydrogen-bond acceptors (Lipinski definition) is 12. The Labute approximate surface area is 346 Å². The van der Waals surface area contributed by atoms with Crippen LogP contribution in [0.25, 0.3) is 44.9 Å². The van der Waals surface area contributed by atoms with Gasteiger partial charge in [-0.05, 0) is 86.4 Å². The van der Waals surface area contributed by atoms with Crippen molar-refractivity contribution in [2.45, 2.75) is 75.7 Å². The zero-order valence-corrected chi connectivity index (χ0v) is 34.3. The Balaban J connectivity index is 0.963. The minimum absolute atomic E-state index is 0.0358. The number of oxazole rings is 1. The van der Waals surface area contributed by atoms with Gasteiger partial charge < -0.3 is 19.8 Å². The second kappa shape index (κ2) is 15.6. The maximum absolute atomic E-state index is 12.9. The van der Waals surface area contributed by atoms with E-state index >= 15 is 0 Å². The lowest BCUT2D eigenvalue weighted by molar-refractivity contribution is -0.123. The minimum atomic E-state index is -3.61. The third kappa shape index (κ3) is 7.43. The van der Waals surface area contributed by atoms with Crippen molar-refractivity contribution in [2.75, 3.05) is 26.7 Å². The van der Waals surface area contributed by atoms with Crippen LogP contribution in [0, 0.1) is 24.2 Å². The second-order valence-electron chi connectivity index (χ2n) is 15.8. The van der Waals surface area contributed by atoms with Crippen molar-refractivity contribution in [3.63, 3.8) is 0 Å². The molecule has 2 saturated heterocycles. The van der Waals surface area contributed by atoms with Gasteiger partial charge in [0.15, 0.2) is 5.58 Å². The van der Waals surface area contributed by atoms with Crippen LogP contribution in [0.1, 0.15) is 72.5 Å². The lowest BCUT2D eigenvalue weighted by Gasteiger charge is -2.24. The highest BCUT2D eigenvalue weighted by Crippen LogP contribution is 2.45. The summed E-state index contributed by atoms with van der Waals surface area (Å²) in [6, 6.07) is 16.0. The SMILES string of the molecule is COc1nc(-c2cccc(-c3cccc(-c4nc5cc6c(c(C#N)c5o4)CC[C@H]6N4CC[C@@H](C(=O)NS(=O)(=O)C5CC5)C4)c3Cl)c2C)cnc1CNC[C@@H]1CCC(=O)N1. The van der Waals surface area contributed by atoms with E-state index in [9.17, 15) is 23.3 Å². The molecule has 1 saturated carbocycles. The molecule has 3 atom stereocenters. The smallest absolute Gasteiger partial charge is 0.237 e. The summed E-state index contributed by atoms with van der Waals surface area (Å²) in [6.45, 7) is 4.16. The molecule has 0 spiro atoms. The quantitative estimate of drug-likeness (QED) is 0.138. The highest BCUT2D eigenvalue weighted by Gasteiger charge is 2.41. The van der Waals surface area contributed by atoms with Gasteiger partial charge in [-0.25, -0.2) is 18.4 Å². The second-order valence-corrected chi connectivity index (χ2v) is 18.2. The summed E-state index contributed by atoms with van der Waals surface area (Å²) in [5, 5.41) is 16.7. The van der Waals surface area contributed by atoms with Crippen molar-refractivity contribution in [3.8, 4) is 45.8 Å². The van der Waals surface area contributed by atoms with Crippen LogP contribution in [0.5, 0.6) is 5.88 Å². The molecule has 2 aromatic heterocycles. The van der Waals surface area contributed by atoms with Crippen molar-refractivity contribution in [2.24, 2.45) is 5.92 Å². The molecule has 2 aliphatic carbocycles. The largest absolute Gasteiger partial charge is 0.480 e. The number of aromatic nitrogens is 3. The Kier molecular flexibility index (Phi) is 10.4. The number of amides is 2. The van der Waals surface area contributed by atoms with Crippen molar-refractivity contribution < 1.29 is 27.2 Å². The number of fused-ring (bicyclic) bond motifs is 2. The van der Waals surface area contributed by atoms with Gasteiger partial charge in [0.05, 0.1) is 40.8 Å². The molecular formula is C43H43ClN8O6S. The van der Waals surface area contributed by atoms with Crippen molar-refractivity contribution >= 4 is 44.5 Å². The van der Waals surface area contributed by atoms with Crippen LogP contribution in [0.3, 0.4) is 0 Å². The minimum Gasteiger partial charge on any atom is -0.480 e. The number of carbonyl (C=O) groups is 2. The summed E-state index contributed by atoms with van der Waals surface area (Å²) in [6.07, 6.45) is 6.27. The zero-order chi connectivity index (χ0) is 41.0. The Morgan fingerprint density at radius 3 is 2.59 bits per heavy atom. The third-order valence-electron chi connectivity index (χ3n) is 12.1. The number of nitriles is 1. The van der Waals surface area contributed by atoms with Crippen molar-refractivity contribution in [3.05, 3.63) is 81.6 Å². The van der Waals surface area contributed by atoms with Crippen LogP contribution in [-0.2, 0) is 32.6 Å². The lowest BCUT2D eigenvalue weighted by atomic mass is 9.94. The van der Waals surface area contributed by atoms with E-state index in [4.69, 9.17) is 30.7 Å². The molecule has 3 aromatic carbocycles. The number of halogens is 1. The van der Waals surface area contributed by atoms with Crippen LogP contribution >= 0.6 is 11.6 Å². The number of nitrogens with zero attached hydrogens (tertiary/aromatic N) is 5. The highest BCUT2D eigenvalue weighted by molar-refractivity contribution is 7.90. The van der Waals surface area contributed by atoms with E-state index in [1.807, 2.05) is 49.4 Å². The Morgan fingerprint density at radius 1 is 1.07 bits per heavy atom. The molecule has 2 aliphatic heterocycles. The van der Waals surface area contributed by atoms with Gasteiger partial charge in [0.25, 0.3) is 0 Å². The van der Waals surface area contributed by atoms with Crippen LogP contribution in [0.4, 0.5) is 0 Å². The molecule has 0 bridgehead atoms. The zero-order valence-electron chi connectivity index (χ0n) is 32.7. The molecule has 5 aromatic rings. The summed E-state index contributed by atoms with van der Waals surface area (Å²) >= 11 is 7.21. The molecule has 0 unspecified atom stereocenters. The van der Waals surface area contributed by atoms with Crippen LogP contribution < -0.4 is 20.1 Å². The van der Waals surface area contributed by atoms with Gasteiger partial charge in [-0.3, -0.25) is 24.2 Å². The van der Waals surface area contributed by atoms with Gasteiger partial charge >= 0.3 is 0 Å². The molecule has 14 nitrogen and oxygen atoms in total. The van der Waals surface area contributed by atoms with E-state index in [0.29, 0.717) is 109 Å². The van der Waals surface area contributed by atoms with Gasteiger partial charge in [-0.2, -0.15) is 5.26 Å². The monoisotopic (exact) mass is 834 g/mol. The number of nitrogens with one attached hydrogen (secondary N) is 3. The molecule has 3 N–H and O–H groups in total. The van der Waals surface area contributed by atoms with Crippen LogP contribution in [0.2, 0.25) is 5.02 Å². The van der Waals surface area contributed by atoms with Gasteiger partial charge in [-0.15, -0.1) is 0 Å². The molecule has 4 heterocycles. The predicted molar refractivity (Wildman–Crippen MR) is 221 cm³/mol. The Morgan fingerprint density at radius 2 is 1.85 bits per heavy atom. The van der Waals surface area contributed by atoms with E-state index in [-0.39, 0.29) is 18.0 Å². The fraction of sp³-hybridized carbons (Fsp3) is 0.395. The number of hydrogen-bond donors (Lipinski definition) is 3. The number of rotatable bonds is 12. The van der Waals surface area contributed by atoms with Crippen LogP contribution in [0.15, 0.2) is 53.1 Å². The number of benzene rings is 3. The van der Waals surface area contributed by atoms with Gasteiger partial charge in [-0.1, -0.05) is 41.9 Å². The normalized spacial score (nSPS) is 20.4. The first-order valence-corrected chi connectivity index (χ1v) is 21.9. The molecule has 0 radical (unpaired) electrons. The van der Waals surface area contributed by atoms with Crippen molar-refractivity contribution in [1.29, 1.82) is 5.26 Å². The maximum atomic E-state index is 12.9. The molecule has 59 heavy (non-hydrogen) atoms. The molecule has 304 valence electrons. The summed E-state index contributed by atoms with van der Waals surface area (Å²) in [5.41, 5.74) is 8.62. The average molecular weight is 835 g/mol. The lowest BCUT2D eigenvalue weighted by Crippen LogP contribution is -2.38. The first-order chi connectivity index (χ1) is 28.5. The fourth-order valence-electron chi connectivity index (χ4n) is 8.83. The number of sulfonamides is 1. The summed E-state index contributed by atoms with van der Waals surface area (Å²) in [5.74, 6) is -0.0788. The predicted octanol–water partition coefficient (Wildman–Crippen LogP) is 5.75. The van der Waals surface area contributed by atoms with E-state index in [1.165, 1.54) is 0 Å². The first kappa shape index (κ1) is 39.1. The fourth-order valence-corrected chi connectivity index (χ4v) is 10.5. The topological polar surface area (TPSA) is 192 Å². The van der Waals surface area contributed by atoms with Crippen molar-refractivity contribution in [1.82, 2.24) is 35.2 Å². The van der Waals surface area contributed by atoms with Gasteiger partial charge in [0.1, 0.15) is 22.8 Å². The summed E-state index contributed by atoms with van der Waals surface area (Å²) in [7, 11) is -2.04. The van der Waals surface area contributed by atoms with E-state index in [1.54, 1.807) is 13.3 Å². The molecule has 9 rings (SSSR count). The first-order valence-electron chi connectivity index (χ1n) is 20.0. The number of carbonyl (C=O) groups excluding carboxylic acids is 2. The molecule has 2 amide bonds. The number of methoxy groups -OCH3 is 1. The molecule has 16 heteroatoms. The molecule has 3 fully saturated rings. The van der Waals surface area contributed by atoms with E-state index in [2.05, 4.69) is 31.3 Å². The average Bonchev–Trinajstić information content (AvgIpc) is 3.49. The highest BCUT2D eigenvalue weighted by atomic mass is 35.5. The molecular weight excluding hydrogens is 792 g/mol. The summed E-state index contributed by atoms with van der Waals surface area (Å²) in [4.78, 5) is 41.1. The third-order valence-corrected chi connectivity index (χ3v) is 14.3. The maximum Gasteiger partial charge on any atom is 0.237 e.